The molecule has 0 atom stereocenters. The Balaban J connectivity index is 0.000000224. The van der Waals surface area contributed by atoms with Gasteiger partial charge in [0.25, 0.3) is 0 Å². The standard InChI is InChI=1S/2C21H20.C11H13N.4C11H16.C9H12/c1-16(2)21-19(17-10-5-3-6-11-17)14-9-15-20(21)18-12-7-4-8-13-18;1-16(2)19-13-20(17-9-5-3-6-10-17)15-21(14-19)18-11-7-4-8-12-18;1-8(2)10-5-9(3)6-11(7-10)12-4;2*1-8(2)11-6-9(3)5-10(4)7-11;2*1-8(2)11-9(3)6-5-7-10(11)4;1-8(2)9-6-4-3-5-7-9/h2*3-16H,1-2H3;5-8H,1-3H3;4*5-8H,1-4H3;3-8H,1-2H3. The molecule has 1 nitrogen and oxygen atoms in total. The number of aryl methyl sites for hydroxylation is 9. The molecule has 0 aromatic heterocycles. The highest BCUT2D eigenvalue weighted by atomic mass is 14.6. The van der Waals surface area contributed by atoms with Crippen LogP contribution in [0.2, 0.25) is 0 Å². The molecule has 0 spiro atoms. The van der Waals surface area contributed by atoms with Crippen LogP contribution in [0.4, 0.5) is 5.69 Å². The van der Waals surface area contributed by atoms with Crippen molar-refractivity contribution in [3.63, 3.8) is 0 Å². The molecule has 0 N–H and O–H groups in total. The zero-order valence-electron chi connectivity index (χ0n) is 70.1. The van der Waals surface area contributed by atoms with Crippen LogP contribution in [-0.2, 0) is 0 Å². The largest absolute Gasteiger partial charge is 0.238 e. The highest BCUT2D eigenvalue weighted by molar-refractivity contribution is 5.79. The van der Waals surface area contributed by atoms with E-state index in [9.17, 15) is 0 Å². The van der Waals surface area contributed by atoms with Crippen molar-refractivity contribution in [1.82, 2.24) is 0 Å². The molecule has 0 heterocycles. The van der Waals surface area contributed by atoms with E-state index in [0.717, 1.165) is 5.69 Å². The number of nitrogens with zero attached hydrogens (tertiary/aromatic N) is 1. The molecule has 107 heavy (non-hydrogen) atoms. The van der Waals surface area contributed by atoms with Gasteiger partial charge in [-0.1, -0.05) is 417 Å². The third kappa shape index (κ3) is 29.4. The minimum atomic E-state index is 0.483. The summed E-state index contributed by atoms with van der Waals surface area (Å²) in [6.45, 7) is 61.9. The Morgan fingerprint density at radius 3 is 0.710 bits per heavy atom. The van der Waals surface area contributed by atoms with E-state index in [1.165, 1.54) is 139 Å². The minimum absolute atomic E-state index is 0.483. The van der Waals surface area contributed by atoms with Crippen molar-refractivity contribution in [2.45, 2.75) is 220 Å². The Morgan fingerprint density at radius 2 is 0.449 bits per heavy atom. The normalized spacial score (nSPS) is 10.6. The van der Waals surface area contributed by atoms with Crippen molar-refractivity contribution >= 4 is 5.69 Å². The number of benzene rings is 12. The molecular formula is C106H129N. The first kappa shape index (κ1) is 87.8. The number of hydrogen-bond donors (Lipinski definition) is 0. The SMILES string of the molecule is CC(C)c1c(-c2ccccc2)cccc1-c1ccccc1.CC(C)c1cc(-c2ccccc2)cc(-c2ccccc2)c1.CC(C)c1ccccc1.Cc1cc(C)cc(C(C)C)c1.Cc1cc(C)cc(C(C)C)c1.Cc1cccc(C)c1C(C)C.Cc1cccc(C)c1C(C)C.[C-]#[N+]c1cc(C)cc(C(C)C)c1. The fraction of sp³-hybridized carbons (Fsp3) is 0.311. The van der Waals surface area contributed by atoms with Crippen LogP contribution in [0, 0.1) is 68.9 Å². The summed E-state index contributed by atoms with van der Waals surface area (Å²) in [5.74, 6) is 4.76. The Morgan fingerprint density at radius 1 is 0.196 bits per heavy atom. The monoisotopic (exact) mass is 1420 g/mol. The molecule has 1 heteroatoms. The Kier molecular flexibility index (Phi) is 36.9. The topological polar surface area (TPSA) is 4.36 Å². The molecule has 0 radical (unpaired) electrons. The van der Waals surface area contributed by atoms with Gasteiger partial charge in [-0.15, -0.1) is 0 Å². The Labute approximate surface area is 651 Å². The van der Waals surface area contributed by atoms with Gasteiger partial charge in [-0.25, -0.2) is 4.85 Å². The molecule has 558 valence electrons. The second-order valence-corrected chi connectivity index (χ2v) is 31.4. The summed E-state index contributed by atoms with van der Waals surface area (Å²) >= 11 is 0. The molecule has 12 aromatic carbocycles. The fourth-order valence-electron chi connectivity index (χ4n) is 13.7. The zero-order valence-corrected chi connectivity index (χ0v) is 70.1. The molecule has 0 unspecified atom stereocenters. The first-order chi connectivity index (χ1) is 50.9. The summed E-state index contributed by atoms with van der Waals surface area (Å²) in [4.78, 5) is 3.42. The molecule has 0 saturated heterocycles. The zero-order chi connectivity index (χ0) is 78.9. The highest BCUT2D eigenvalue weighted by Gasteiger charge is 2.15. The Bertz CT molecular complexity index is 4290. The lowest BCUT2D eigenvalue weighted by molar-refractivity contribution is 0.846. The van der Waals surface area contributed by atoms with Gasteiger partial charge in [-0.3, -0.25) is 0 Å². The van der Waals surface area contributed by atoms with E-state index >= 15 is 0 Å². The summed E-state index contributed by atoms with van der Waals surface area (Å²) < 4.78 is 0. The van der Waals surface area contributed by atoms with Crippen molar-refractivity contribution in [3.8, 4) is 44.5 Å². The molecular weight excluding hydrogens is 1290 g/mol. The average molecular weight is 1420 g/mol. The van der Waals surface area contributed by atoms with E-state index in [0.29, 0.717) is 47.3 Å². The molecule has 0 fully saturated rings. The molecule has 12 rings (SSSR count). The summed E-state index contributed by atoms with van der Waals surface area (Å²) in [6, 6.07) is 99.1. The highest BCUT2D eigenvalue weighted by Crippen LogP contribution is 2.38. The summed E-state index contributed by atoms with van der Waals surface area (Å²) in [5, 5.41) is 0. The minimum Gasteiger partial charge on any atom is -0.238 e. The van der Waals surface area contributed by atoms with Crippen molar-refractivity contribution < 1.29 is 0 Å². The molecule has 0 aliphatic rings. The third-order valence-corrected chi connectivity index (χ3v) is 19.1. The maximum absolute atomic E-state index is 6.90. The van der Waals surface area contributed by atoms with Gasteiger partial charge in [-0.05, 0) is 221 Å². The van der Waals surface area contributed by atoms with E-state index < -0.39 is 0 Å². The van der Waals surface area contributed by atoms with E-state index in [2.05, 4.69) is 432 Å². The van der Waals surface area contributed by atoms with Crippen molar-refractivity contribution in [2.75, 3.05) is 0 Å². The first-order valence-electron chi connectivity index (χ1n) is 39.2. The summed E-state index contributed by atoms with van der Waals surface area (Å²) in [7, 11) is 0. The van der Waals surface area contributed by atoms with Crippen molar-refractivity contribution in [1.29, 1.82) is 0 Å². The van der Waals surface area contributed by atoms with E-state index in [-0.39, 0.29) is 0 Å². The van der Waals surface area contributed by atoms with Gasteiger partial charge < -0.3 is 0 Å². The van der Waals surface area contributed by atoms with Crippen LogP contribution < -0.4 is 0 Å². The second-order valence-electron chi connectivity index (χ2n) is 31.4. The van der Waals surface area contributed by atoms with Gasteiger partial charge in [0.1, 0.15) is 0 Å². The van der Waals surface area contributed by atoms with Gasteiger partial charge in [-0.2, -0.15) is 0 Å². The maximum atomic E-state index is 6.90. The molecule has 12 aromatic rings. The fourth-order valence-corrected chi connectivity index (χ4v) is 13.7. The van der Waals surface area contributed by atoms with Crippen LogP contribution in [-0.4, -0.2) is 0 Å². The van der Waals surface area contributed by atoms with Crippen LogP contribution in [0.5, 0.6) is 0 Å². The van der Waals surface area contributed by atoms with Gasteiger partial charge in [0, 0.05) is 0 Å². The smallest absolute Gasteiger partial charge is 0.187 e. The summed E-state index contributed by atoms with van der Waals surface area (Å²) in [5.41, 5.74) is 34.8. The van der Waals surface area contributed by atoms with E-state index in [1.807, 2.05) is 25.1 Å². The third-order valence-electron chi connectivity index (χ3n) is 19.1. The maximum Gasteiger partial charge on any atom is 0.187 e. The first-order valence-corrected chi connectivity index (χ1v) is 39.2. The predicted molar refractivity (Wildman–Crippen MR) is 475 cm³/mol. The lowest BCUT2D eigenvalue weighted by atomic mass is 9.86. The van der Waals surface area contributed by atoms with Crippen LogP contribution in [0.25, 0.3) is 49.4 Å². The molecule has 0 amide bonds. The number of hydrogen-bond acceptors (Lipinski definition) is 0. The molecule has 0 saturated carbocycles. The lowest BCUT2D eigenvalue weighted by Crippen LogP contribution is -1.96. The second kappa shape index (κ2) is 44.9. The molecule has 0 aliphatic carbocycles. The quantitative estimate of drug-likeness (QED) is 0.107. The van der Waals surface area contributed by atoms with Crippen LogP contribution in [0.15, 0.2) is 279 Å². The van der Waals surface area contributed by atoms with Crippen molar-refractivity contribution in [3.05, 3.63) is 385 Å². The molecule has 0 aliphatic heterocycles. The van der Waals surface area contributed by atoms with Gasteiger partial charge >= 0.3 is 0 Å². The average Bonchev–Trinajstić information content (AvgIpc) is 0.791. The summed E-state index contributed by atoms with van der Waals surface area (Å²) in [6.07, 6.45) is 0. The van der Waals surface area contributed by atoms with Gasteiger partial charge in [0.15, 0.2) is 5.69 Å². The van der Waals surface area contributed by atoms with Gasteiger partial charge in [0.05, 0.1) is 6.57 Å². The van der Waals surface area contributed by atoms with Crippen LogP contribution in [0.3, 0.4) is 0 Å². The number of rotatable bonds is 12. The molecule has 0 bridgehead atoms. The van der Waals surface area contributed by atoms with Crippen molar-refractivity contribution in [2.24, 2.45) is 0 Å². The van der Waals surface area contributed by atoms with Gasteiger partial charge in [0.2, 0.25) is 0 Å². The lowest BCUT2D eigenvalue weighted by Gasteiger charge is -2.18. The predicted octanol–water partition coefficient (Wildman–Crippen LogP) is 32.5. The Hall–Kier alpha value is -9.87. The van der Waals surface area contributed by atoms with E-state index in [4.69, 9.17) is 6.57 Å². The van der Waals surface area contributed by atoms with Crippen LogP contribution >= 0.6 is 0 Å². The van der Waals surface area contributed by atoms with Crippen LogP contribution in [0.1, 0.15) is 253 Å². The van der Waals surface area contributed by atoms with E-state index in [1.54, 1.807) is 0 Å².